The van der Waals surface area contributed by atoms with Crippen molar-refractivity contribution in [1.29, 1.82) is 0 Å². The van der Waals surface area contributed by atoms with E-state index in [1.165, 1.54) is 6.42 Å². The molecule has 1 fully saturated rings. The van der Waals surface area contributed by atoms with Crippen molar-refractivity contribution in [2.24, 2.45) is 0 Å². The number of amides is 1. The molecule has 0 spiro atoms. The quantitative estimate of drug-likeness (QED) is 0.896. The molecule has 0 atom stereocenters. The van der Waals surface area contributed by atoms with Crippen molar-refractivity contribution < 1.29 is 4.79 Å². The standard InChI is InChI=1S/C15H17N3O/c19-15(17-18-10-2-1-3-11-18)13-8-4-6-12-7-5-9-16-14(12)13/h4-9H,1-3,10-11H2,(H,17,19). The van der Waals surface area contributed by atoms with Crippen LogP contribution in [0.2, 0.25) is 0 Å². The van der Waals surface area contributed by atoms with Crippen molar-refractivity contribution in [3.8, 4) is 0 Å². The van der Waals surface area contributed by atoms with Gasteiger partial charge in [0.15, 0.2) is 0 Å². The molecule has 2 heterocycles. The lowest BCUT2D eigenvalue weighted by Crippen LogP contribution is -2.45. The third-order valence-corrected chi connectivity index (χ3v) is 3.49. The van der Waals surface area contributed by atoms with Crippen LogP contribution in [0, 0.1) is 0 Å². The van der Waals surface area contributed by atoms with Gasteiger partial charge in [-0.05, 0) is 25.0 Å². The lowest BCUT2D eigenvalue weighted by atomic mass is 10.1. The molecule has 0 radical (unpaired) electrons. The van der Waals surface area contributed by atoms with E-state index < -0.39 is 0 Å². The summed E-state index contributed by atoms with van der Waals surface area (Å²) < 4.78 is 0. The average molecular weight is 255 g/mol. The number of rotatable bonds is 2. The molecule has 1 amide bonds. The van der Waals surface area contributed by atoms with Crippen LogP contribution >= 0.6 is 0 Å². The molecular formula is C15H17N3O. The molecule has 0 aliphatic carbocycles. The first-order chi connectivity index (χ1) is 9.34. The summed E-state index contributed by atoms with van der Waals surface area (Å²) >= 11 is 0. The lowest BCUT2D eigenvalue weighted by Gasteiger charge is -2.26. The Labute approximate surface area is 112 Å². The molecule has 4 heteroatoms. The summed E-state index contributed by atoms with van der Waals surface area (Å²) in [6, 6.07) is 9.55. The van der Waals surface area contributed by atoms with Crippen molar-refractivity contribution in [2.45, 2.75) is 19.3 Å². The fourth-order valence-corrected chi connectivity index (χ4v) is 2.50. The number of pyridine rings is 1. The van der Waals surface area contributed by atoms with Crippen LogP contribution in [-0.4, -0.2) is 29.0 Å². The van der Waals surface area contributed by atoms with Crippen molar-refractivity contribution in [1.82, 2.24) is 15.4 Å². The van der Waals surface area contributed by atoms with E-state index in [1.54, 1.807) is 6.20 Å². The zero-order chi connectivity index (χ0) is 13.1. The van der Waals surface area contributed by atoms with E-state index in [0.717, 1.165) is 36.8 Å². The Morgan fingerprint density at radius 1 is 1.11 bits per heavy atom. The Morgan fingerprint density at radius 2 is 1.89 bits per heavy atom. The third kappa shape index (κ3) is 2.58. The van der Waals surface area contributed by atoms with Gasteiger partial charge >= 0.3 is 0 Å². The highest BCUT2D eigenvalue weighted by molar-refractivity contribution is 6.05. The van der Waals surface area contributed by atoms with E-state index in [4.69, 9.17) is 0 Å². The molecule has 0 bridgehead atoms. The normalized spacial score (nSPS) is 16.4. The smallest absolute Gasteiger partial charge is 0.267 e. The molecule has 98 valence electrons. The molecule has 1 aromatic carbocycles. The van der Waals surface area contributed by atoms with Gasteiger partial charge < -0.3 is 0 Å². The molecule has 1 aromatic heterocycles. The van der Waals surface area contributed by atoms with Crippen LogP contribution in [0.1, 0.15) is 29.6 Å². The molecule has 19 heavy (non-hydrogen) atoms. The molecule has 0 saturated carbocycles. The highest BCUT2D eigenvalue weighted by Crippen LogP contribution is 2.16. The number of carbonyl (C=O) groups is 1. The second-order valence-corrected chi connectivity index (χ2v) is 4.87. The fraction of sp³-hybridized carbons (Fsp3) is 0.333. The van der Waals surface area contributed by atoms with Gasteiger partial charge in [-0.3, -0.25) is 15.2 Å². The summed E-state index contributed by atoms with van der Waals surface area (Å²) in [5, 5.41) is 3.00. The second-order valence-electron chi connectivity index (χ2n) is 4.87. The third-order valence-electron chi connectivity index (χ3n) is 3.49. The van der Waals surface area contributed by atoms with Crippen LogP contribution in [0.15, 0.2) is 36.5 Å². The molecular weight excluding hydrogens is 238 g/mol. The maximum absolute atomic E-state index is 12.3. The molecule has 3 rings (SSSR count). The van der Waals surface area contributed by atoms with Crippen LogP contribution in [0.5, 0.6) is 0 Å². The minimum Gasteiger partial charge on any atom is -0.285 e. The highest BCUT2D eigenvalue weighted by atomic mass is 16.2. The topological polar surface area (TPSA) is 45.2 Å². The molecule has 1 aliphatic rings. The predicted octanol–water partition coefficient (Wildman–Crippen LogP) is 2.37. The maximum Gasteiger partial charge on any atom is 0.267 e. The highest BCUT2D eigenvalue weighted by Gasteiger charge is 2.16. The molecule has 4 nitrogen and oxygen atoms in total. The summed E-state index contributed by atoms with van der Waals surface area (Å²) in [5.41, 5.74) is 4.39. The van der Waals surface area contributed by atoms with Gasteiger partial charge in [-0.2, -0.15) is 0 Å². The van der Waals surface area contributed by atoms with E-state index in [-0.39, 0.29) is 5.91 Å². The molecule has 0 unspecified atom stereocenters. The Hall–Kier alpha value is -1.94. The fourth-order valence-electron chi connectivity index (χ4n) is 2.50. The molecule has 1 saturated heterocycles. The summed E-state index contributed by atoms with van der Waals surface area (Å²) in [5.74, 6) is -0.0637. The largest absolute Gasteiger partial charge is 0.285 e. The number of nitrogens with zero attached hydrogens (tertiary/aromatic N) is 2. The number of piperidine rings is 1. The van der Waals surface area contributed by atoms with Crippen molar-refractivity contribution in [3.05, 3.63) is 42.1 Å². The van der Waals surface area contributed by atoms with Gasteiger partial charge in [0.2, 0.25) is 0 Å². The first-order valence-corrected chi connectivity index (χ1v) is 6.74. The Bertz CT molecular complexity index is 585. The van der Waals surface area contributed by atoms with Gasteiger partial charge in [-0.15, -0.1) is 0 Å². The van der Waals surface area contributed by atoms with Crippen LogP contribution < -0.4 is 5.43 Å². The van der Waals surface area contributed by atoms with E-state index >= 15 is 0 Å². The van der Waals surface area contributed by atoms with E-state index in [1.807, 2.05) is 35.3 Å². The number of nitrogens with one attached hydrogen (secondary N) is 1. The minimum atomic E-state index is -0.0637. The molecule has 1 aliphatic heterocycles. The number of para-hydroxylation sites is 1. The van der Waals surface area contributed by atoms with E-state index in [2.05, 4.69) is 10.4 Å². The van der Waals surface area contributed by atoms with Gasteiger partial charge in [0.25, 0.3) is 5.91 Å². The Kier molecular flexibility index (Phi) is 3.42. The number of hydrazine groups is 1. The van der Waals surface area contributed by atoms with E-state index in [9.17, 15) is 4.79 Å². The number of benzene rings is 1. The van der Waals surface area contributed by atoms with Crippen LogP contribution in [0.4, 0.5) is 0 Å². The Balaban J connectivity index is 1.85. The predicted molar refractivity (Wildman–Crippen MR) is 74.6 cm³/mol. The first-order valence-electron chi connectivity index (χ1n) is 6.74. The van der Waals surface area contributed by atoms with Crippen LogP contribution in [0.3, 0.4) is 0 Å². The number of hydrogen-bond acceptors (Lipinski definition) is 3. The summed E-state index contributed by atoms with van der Waals surface area (Å²) in [6.45, 7) is 1.87. The van der Waals surface area contributed by atoms with Crippen molar-refractivity contribution in [2.75, 3.05) is 13.1 Å². The zero-order valence-electron chi connectivity index (χ0n) is 10.8. The lowest BCUT2D eigenvalue weighted by molar-refractivity contribution is 0.0751. The molecule has 1 N–H and O–H groups in total. The number of hydrogen-bond donors (Lipinski definition) is 1. The van der Waals surface area contributed by atoms with Crippen LogP contribution in [0.25, 0.3) is 10.9 Å². The first kappa shape index (κ1) is 12.1. The number of fused-ring (bicyclic) bond motifs is 1. The van der Waals surface area contributed by atoms with Gasteiger partial charge in [-0.25, -0.2) is 5.01 Å². The molecule has 2 aromatic rings. The monoisotopic (exact) mass is 255 g/mol. The second kappa shape index (κ2) is 5.36. The van der Waals surface area contributed by atoms with Gasteiger partial charge in [0.1, 0.15) is 0 Å². The van der Waals surface area contributed by atoms with Gasteiger partial charge in [-0.1, -0.05) is 24.6 Å². The van der Waals surface area contributed by atoms with Gasteiger partial charge in [0, 0.05) is 24.7 Å². The SMILES string of the molecule is O=C(NN1CCCCC1)c1cccc2cccnc12. The van der Waals surface area contributed by atoms with Crippen molar-refractivity contribution in [3.63, 3.8) is 0 Å². The zero-order valence-corrected chi connectivity index (χ0v) is 10.8. The van der Waals surface area contributed by atoms with Gasteiger partial charge in [0.05, 0.1) is 11.1 Å². The summed E-state index contributed by atoms with van der Waals surface area (Å²) in [6.07, 6.45) is 5.27. The summed E-state index contributed by atoms with van der Waals surface area (Å²) in [4.78, 5) is 16.7. The number of aromatic nitrogens is 1. The van der Waals surface area contributed by atoms with Crippen molar-refractivity contribution >= 4 is 16.8 Å². The van der Waals surface area contributed by atoms with E-state index in [0.29, 0.717) is 5.56 Å². The Morgan fingerprint density at radius 3 is 2.74 bits per heavy atom. The maximum atomic E-state index is 12.3. The minimum absolute atomic E-state index is 0.0637. The average Bonchev–Trinajstić information content (AvgIpc) is 2.47. The number of carbonyl (C=O) groups excluding carboxylic acids is 1. The van der Waals surface area contributed by atoms with Crippen LogP contribution in [-0.2, 0) is 0 Å². The summed E-state index contributed by atoms with van der Waals surface area (Å²) in [7, 11) is 0.